The number of hydrogen-bond donors (Lipinski definition) is 1. The van der Waals surface area contributed by atoms with Crippen molar-refractivity contribution in [1.29, 1.82) is 0 Å². The van der Waals surface area contributed by atoms with E-state index in [0.29, 0.717) is 6.54 Å². The number of likely N-dealkylation sites (tertiary alicyclic amines) is 1. The van der Waals surface area contributed by atoms with Gasteiger partial charge in [-0.2, -0.15) is 0 Å². The lowest BCUT2D eigenvalue weighted by molar-refractivity contribution is -0.146. The van der Waals surface area contributed by atoms with Crippen molar-refractivity contribution in [2.75, 3.05) is 53.4 Å². The molecule has 0 saturated carbocycles. The van der Waals surface area contributed by atoms with Gasteiger partial charge in [0.2, 0.25) is 0 Å². The molecule has 0 aromatic heterocycles. The molecule has 0 unspecified atom stereocenters. The summed E-state index contributed by atoms with van der Waals surface area (Å²) in [6, 6.07) is 0.185. The lowest BCUT2D eigenvalue weighted by Gasteiger charge is -2.34. The van der Waals surface area contributed by atoms with Gasteiger partial charge in [-0.05, 0) is 59.0 Å². The Morgan fingerprint density at radius 3 is 2.32 bits per heavy atom. The molecule has 1 aliphatic rings. The van der Waals surface area contributed by atoms with E-state index in [1.54, 1.807) is 11.9 Å². The first kappa shape index (κ1) is 18.9. The van der Waals surface area contributed by atoms with Crippen LogP contribution in [0.3, 0.4) is 0 Å². The molecule has 1 heterocycles. The van der Waals surface area contributed by atoms with Crippen molar-refractivity contribution in [2.24, 2.45) is 0 Å². The average Bonchev–Trinajstić information content (AvgIpc) is 2.54. The fourth-order valence-electron chi connectivity index (χ4n) is 2.83. The smallest absolute Gasteiger partial charge is 0.311 e. The van der Waals surface area contributed by atoms with E-state index >= 15 is 0 Å². The topological polar surface area (TPSA) is 55.9 Å². The summed E-state index contributed by atoms with van der Waals surface area (Å²) < 4.78 is 0. The lowest BCUT2D eigenvalue weighted by Crippen LogP contribution is -2.49. The second kappa shape index (κ2) is 9.79. The van der Waals surface area contributed by atoms with Crippen molar-refractivity contribution in [3.05, 3.63) is 0 Å². The zero-order valence-electron chi connectivity index (χ0n) is 14.6. The number of amides is 2. The Balaban J connectivity index is 2.27. The Labute approximate surface area is 134 Å². The monoisotopic (exact) mass is 312 g/mol. The van der Waals surface area contributed by atoms with Gasteiger partial charge >= 0.3 is 11.8 Å². The summed E-state index contributed by atoms with van der Waals surface area (Å²) in [5.41, 5.74) is 0. The maximum Gasteiger partial charge on any atom is 0.311 e. The van der Waals surface area contributed by atoms with E-state index in [9.17, 15) is 9.59 Å². The minimum Gasteiger partial charge on any atom is -0.348 e. The van der Waals surface area contributed by atoms with Gasteiger partial charge in [0.15, 0.2) is 0 Å². The molecule has 0 aromatic carbocycles. The van der Waals surface area contributed by atoms with Crippen LogP contribution < -0.4 is 5.32 Å². The van der Waals surface area contributed by atoms with Gasteiger partial charge in [-0.3, -0.25) is 9.59 Å². The largest absolute Gasteiger partial charge is 0.348 e. The quantitative estimate of drug-likeness (QED) is 0.546. The molecule has 0 aliphatic carbocycles. The molecule has 1 rings (SSSR count). The van der Waals surface area contributed by atoms with E-state index in [1.165, 1.54) is 0 Å². The van der Waals surface area contributed by atoms with E-state index in [0.717, 1.165) is 52.0 Å². The highest BCUT2D eigenvalue weighted by Crippen LogP contribution is 2.14. The van der Waals surface area contributed by atoms with Gasteiger partial charge in [0.05, 0.1) is 0 Å². The van der Waals surface area contributed by atoms with Crippen LogP contribution in [-0.2, 0) is 9.59 Å². The Morgan fingerprint density at radius 2 is 1.77 bits per heavy atom. The van der Waals surface area contributed by atoms with Crippen molar-refractivity contribution >= 4 is 11.8 Å². The van der Waals surface area contributed by atoms with Crippen LogP contribution in [0.4, 0.5) is 0 Å². The Bertz CT molecular complexity index is 350. The summed E-state index contributed by atoms with van der Waals surface area (Å²) in [7, 11) is 3.83. The number of carbonyl (C=O) groups is 2. The van der Waals surface area contributed by atoms with Crippen LogP contribution in [0.5, 0.6) is 0 Å². The SMILES string of the molecule is CCN(CC)CCCNC(=O)C(=O)N(C)C1CCN(C)CC1. The summed E-state index contributed by atoms with van der Waals surface area (Å²) in [6.07, 6.45) is 2.75. The van der Waals surface area contributed by atoms with Crippen molar-refractivity contribution in [1.82, 2.24) is 20.0 Å². The minimum atomic E-state index is -0.471. The summed E-state index contributed by atoms with van der Waals surface area (Å²) in [6.45, 7) is 9.75. The van der Waals surface area contributed by atoms with E-state index in [4.69, 9.17) is 0 Å². The zero-order chi connectivity index (χ0) is 16.5. The third kappa shape index (κ3) is 5.93. The molecule has 1 N–H and O–H groups in total. The molecule has 2 amide bonds. The van der Waals surface area contributed by atoms with Gasteiger partial charge in [0.25, 0.3) is 0 Å². The normalized spacial score (nSPS) is 16.8. The first-order valence-corrected chi connectivity index (χ1v) is 8.45. The molecule has 6 nitrogen and oxygen atoms in total. The number of hydrogen-bond acceptors (Lipinski definition) is 4. The first-order chi connectivity index (χ1) is 10.5. The first-order valence-electron chi connectivity index (χ1n) is 8.45. The van der Waals surface area contributed by atoms with Gasteiger partial charge in [-0.15, -0.1) is 0 Å². The van der Waals surface area contributed by atoms with Crippen molar-refractivity contribution in [3.63, 3.8) is 0 Å². The van der Waals surface area contributed by atoms with Crippen LogP contribution in [0.25, 0.3) is 0 Å². The van der Waals surface area contributed by atoms with Crippen LogP contribution in [0.1, 0.15) is 33.1 Å². The second-order valence-corrected chi connectivity index (χ2v) is 6.09. The average molecular weight is 312 g/mol. The molecule has 1 aliphatic heterocycles. The zero-order valence-corrected chi connectivity index (χ0v) is 14.6. The van der Waals surface area contributed by atoms with Crippen molar-refractivity contribution < 1.29 is 9.59 Å². The predicted octanol–water partition coefficient (Wildman–Crippen LogP) is 0.387. The van der Waals surface area contributed by atoms with Crippen molar-refractivity contribution in [3.8, 4) is 0 Å². The molecule has 0 aromatic rings. The standard InChI is InChI=1S/C16H32N4O2/c1-5-20(6-2)11-7-10-17-15(21)16(22)19(4)14-8-12-18(3)13-9-14/h14H,5-13H2,1-4H3,(H,17,21). The fourth-order valence-corrected chi connectivity index (χ4v) is 2.83. The molecule has 0 bridgehead atoms. The van der Waals surface area contributed by atoms with Crippen LogP contribution in [-0.4, -0.2) is 85.9 Å². The highest BCUT2D eigenvalue weighted by Gasteiger charge is 2.27. The number of nitrogens with one attached hydrogen (secondary N) is 1. The number of nitrogens with zero attached hydrogens (tertiary/aromatic N) is 3. The van der Waals surface area contributed by atoms with Crippen LogP contribution in [0, 0.1) is 0 Å². The summed E-state index contributed by atoms with van der Waals surface area (Å²) in [4.78, 5) is 30.3. The second-order valence-electron chi connectivity index (χ2n) is 6.09. The van der Waals surface area contributed by atoms with Gasteiger partial charge in [0.1, 0.15) is 0 Å². The third-order valence-electron chi connectivity index (χ3n) is 4.58. The number of rotatable bonds is 7. The minimum absolute atomic E-state index is 0.185. The Morgan fingerprint density at radius 1 is 1.18 bits per heavy atom. The van der Waals surface area contributed by atoms with Gasteiger partial charge in [-0.25, -0.2) is 0 Å². The fraction of sp³-hybridized carbons (Fsp3) is 0.875. The van der Waals surface area contributed by atoms with Gasteiger partial charge in [0, 0.05) is 19.6 Å². The van der Waals surface area contributed by atoms with Crippen molar-refractivity contribution in [2.45, 2.75) is 39.2 Å². The van der Waals surface area contributed by atoms with Crippen LogP contribution in [0.2, 0.25) is 0 Å². The van der Waals surface area contributed by atoms with E-state index < -0.39 is 11.8 Å². The summed E-state index contributed by atoms with van der Waals surface area (Å²) >= 11 is 0. The lowest BCUT2D eigenvalue weighted by atomic mass is 10.0. The van der Waals surface area contributed by atoms with Gasteiger partial charge < -0.3 is 20.0 Å². The highest BCUT2D eigenvalue weighted by molar-refractivity contribution is 6.35. The number of likely N-dealkylation sites (N-methyl/N-ethyl adjacent to an activating group) is 1. The predicted molar refractivity (Wildman–Crippen MR) is 88.7 cm³/mol. The molecule has 1 saturated heterocycles. The third-order valence-corrected chi connectivity index (χ3v) is 4.58. The van der Waals surface area contributed by atoms with E-state index in [2.05, 4.69) is 36.0 Å². The van der Waals surface area contributed by atoms with E-state index in [-0.39, 0.29) is 6.04 Å². The summed E-state index contributed by atoms with van der Waals surface area (Å²) in [5.74, 6) is -0.877. The van der Waals surface area contributed by atoms with Gasteiger partial charge in [-0.1, -0.05) is 13.8 Å². The molecule has 0 radical (unpaired) electrons. The highest BCUT2D eigenvalue weighted by atomic mass is 16.2. The maximum atomic E-state index is 12.2. The molecule has 22 heavy (non-hydrogen) atoms. The molecule has 128 valence electrons. The Kier molecular flexibility index (Phi) is 8.42. The molecule has 0 spiro atoms. The molecule has 1 fully saturated rings. The number of carbonyl (C=O) groups excluding carboxylic acids is 2. The van der Waals surface area contributed by atoms with Crippen LogP contribution >= 0.6 is 0 Å². The summed E-state index contributed by atoms with van der Waals surface area (Å²) in [5, 5.41) is 2.75. The number of piperidine rings is 1. The maximum absolute atomic E-state index is 12.2. The van der Waals surface area contributed by atoms with Crippen LogP contribution in [0.15, 0.2) is 0 Å². The van der Waals surface area contributed by atoms with E-state index in [1.807, 2.05) is 0 Å². The molecule has 6 heteroatoms. The Hall–Kier alpha value is -1.14. The molecular formula is C16H32N4O2. The molecular weight excluding hydrogens is 280 g/mol. The molecule has 0 atom stereocenters.